The summed E-state index contributed by atoms with van der Waals surface area (Å²) in [5, 5.41) is 8.64. The van der Waals surface area contributed by atoms with Crippen LogP contribution in [0.15, 0.2) is 60.0 Å². The fourth-order valence-corrected chi connectivity index (χ4v) is 2.97. The molecular weight excluding hydrogens is 332 g/mol. The lowest BCUT2D eigenvalue weighted by atomic mass is 10.1. The summed E-state index contributed by atoms with van der Waals surface area (Å²) in [6.07, 6.45) is 0.428. The summed E-state index contributed by atoms with van der Waals surface area (Å²) in [5.74, 6) is -0.00813. The van der Waals surface area contributed by atoms with E-state index in [0.29, 0.717) is 18.1 Å². The van der Waals surface area contributed by atoms with Gasteiger partial charge in [-0.25, -0.2) is 4.98 Å². The summed E-state index contributed by atoms with van der Waals surface area (Å²) in [4.78, 5) is 16.3. The molecule has 0 saturated heterocycles. The number of nitrogen functional groups attached to an aromatic ring is 1. The van der Waals surface area contributed by atoms with Crippen molar-refractivity contribution in [3.05, 3.63) is 65.5 Å². The maximum Gasteiger partial charge on any atom is 0.225 e. The first kappa shape index (κ1) is 17.1. The molecule has 0 radical (unpaired) electrons. The van der Waals surface area contributed by atoms with E-state index in [-0.39, 0.29) is 5.91 Å². The number of carbonyl (C=O) groups is 1. The van der Waals surface area contributed by atoms with Crippen LogP contribution in [-0.2, 0) is 11.3 Å². The second-order valence-corrected chi connectivity index (χ2v) is 6.50. The van der Waals surface area contributed by atoms with Gasteiger partial charge in [0.2, 0.25) is 5.91 Å². The van der Waals surface area contributed by atoms with E-state index in [1.54, 1.807) is 0 Å². The van der Waals surface area contributed by atoms with Gasteiger partial charge in [0.05, 0.1) is 5.69 Å². The number of carbonyl (C=O) groups excluding carboxylic acids is 1. The van der Waals surface area contributed by atoms with Gasteiger partial charge in [0.25, 0.3) is 0 Å². The largest absolute Gasteiger partial charge is 0.375 e. The molecule has 5 nitrogen and oxygen atoms in total. The third-order valence-electron chi connectivity index (χ3n) is 3.69. The van der Waals surface area contributed by atoms with Crippen molar-refractivity contribution in [2.24, 2.45) is 0 Å². The Morgan fingerprint density at radius 3 is 2.52 bits per heavy atom. The molecule has 0 aliphatic rings. The number of hydrogen-bond donors (Lipinski definition) is 3. The van der Waals surface area contributed by atoms with Crippen molar-refractivity contribution in [1.29, 1.82) is 0 Å². The predicted molar refractivity (Wildman–Crippen MR) is 103 cm³/mol. The molecule has 0 spiro atoms. The van der Waals surface area contributed by atoms with E-state index in [1.165, 1.54) is 16.9 Å². The predicted octanol–water partition coefficient (Wildman–Crippen LogP) is 3.51. The minimum atomic E-state index is -0.00813. The summed E-state index contributed by atoms with van der Waals surface area (Å²) < 4.78 is 0. The van der Waals surface area contributed by atoms with Crippen LogP contribution < -0.4 is 16.4 Å². The number of amides is 1. The van der Waals surface area contributed by atoms with E-state index in [4.69, 9.17) is 5.73 Å². The lowest BCUT2D eigenvalue weighted by Gasteiger charge is -2.07. The zero-order valence-electron chi connectivity index (χ0n) is 13.7. The van der Waals surface area contributed by atoms with E-state index in [0.717, 1.165) is 23.5 Å². The van der Waals surface area contributed by atoms with Crippen molar-refractivity contribution >= 4 is 28.1 Å². The molecular formula is C19H20N4OS. The van der Waals surface area contributed by atoms with Gasteiger partial charge in [-0.05, 0) is 17.7 Å². The summed E-state index contributed by atoms with van der Waals surface area (Å²) in [5.41, 5.74) is 9.47. The molecule has 1 heterocycles. The molecule has 1 amide bonds. The van der Waals surface area contributed by atoms with Gasteiger partial charge < -0.3 is 16.4 Å². The van der Waals surface area contributed by atoms with Gasteiger partial charge in [-0.2, -0.15) is 0 Å². The maximum absolute atomic E-state index is 12.0. The first-order chi connectivity index (χ1) is 12.2. The van der Waals surface area contributed by atoms with Crippen molar-refractivity contribution in [1.82, 2.24) is 10.3 Å². The monoisotopic (exact) mass is 352 g/mol. The van der Waals surface area contributed by atoms with Gasteiger partial charge in [-0.1, -0.05) is 42.5 Å². The molecule has 3 rings (SSSR count). The zero-order chi connectivity index (χ0) is 17.5. The zero-order valence-corrected chi connectivity index (χ0v) is 14.6. The van der Waals surface area contributed by atoms with E-state index >= 15 is 0 Å². The summed E-state index contributed by atoms with van der Waals surface area (Å²) in [7, 11) is 0. The number of nitrogens with two attached hydrogens (primary N) is 1. The molecule has 0 aliphatic heterocycles. The summed E-state index contributed by atoms with van der Waals surface area (Å²) >= 11 is 1.41. The number of aromatic nitrogens is 1. The average molecular weight is 352 g/mol. The van der Waals surface area contributed by atoms with Gasteiger partial charge in [0, 0.05) is 36.1 Å². The minimum Gasteiger partial charge on any atom is -0.375 e. The number of thiazole rings is 1. The smallest absolute Gasteiger partial charge is 0.225 e. The number of nitrogens with zero attached hydrogens (tertiary/aromatic N) is 1. The van der Waals surface area contributed by atoms with Crippen molar-refractivity contribution in [3.63, 3.8) is 0 Å². The van der Waals surface area contributed by atoms with Gasteiger partial charge in [0.1, 0.15) is 0 Å². The Bertz CT molecular complexity index is 815. The van der Waals surface area contributed by atoms with Gasteiger partial charge in [-0.3, -0.25) is 4.79 Å². The second kappa shape index (κ2) is 8.41. The summed E-state index contributed by atoms with van der Waals surface area (Å²) in [6, 6.07) is 17.7. The van der Waals surface area contributed by atoms with Crippen LogP contribution in [-0.4, -0.2) is 17.4 Å². The van der Waals surface area contributed by atoms with Crippen LogP contribution in [0.4, 0.5) is 10.8 Å². The quantitative estimate of drug-likeness (QED) is 0.569. The fraction of sp³-hybridized carbons (Fsp3) is 0.158. The highest BCUT2D eigenvalue weighted by Crippen LogP contribution is 2.24. The third-order valence-corrected chi connectivity index (χ3v) is 4.36. The molecule has 0 aliphatic carbocycles. The highest BCUT2D eigenvalue weighted by molar-refractivity contribution is 7.13. The normalized spacial score (nSPS) is 10.6. The fourth-order valence-electron chi connectivity index (χ4n) is 2.40. The van der Waals surface area contributed by atoms with Crippen LogP contribution in [0.3, 0.4) is 0 Å². The molecule has 0 fully saturated rings. The van der Waals surface area contributed by atoms with Crippen molar-refractivity contribution in [2.45, 2.75) is 13.0 Å². The third kappa shape index (κ3) is 5.14. The van der Waals surface area contributed by atoms with Crippen molar-refractivity contribution in [2.75, 3.05) is 17.6 Å². The van der Waals surface area contributed by atoms with E-state index in [9.17, 15) is 4.79 Å². The standard InChI is InChI=1S/C19H20N4OS/c20-19-23-17(13-25-19)15-6-8-16(9-7-15)22-18(24)10-11-21-12-14-4-2-1-3-5-14/h1-9,13,21H,10-12H2,(H2,20,23)(H,22,24). The van der Waals surface area contributed by atoms with Crippen LogP contribution in [0.2, 0.25) is 0 Å². The topological polar surface area (TPSA) is 80.0 Å². The minimum absolute atomic E-state index is 0.00813. The number of benzene rings is 2. The highest BCUT2D eigenvalue weighted by Gasteiger charge is 2.05. The molecule has 4 N–H and O–H groups in total. The highest BCUT2D eigenvalue weighted by atomic mass is 32.1. The molecule has 6 heteroatoms. The SMILES string of the molecule is Nc1nc(-c2ccc(NC(=O)CCNCc3ccccc3)cc2)cs1. The molecule has 3 aromatic rings. The van der Waals surface area contributed by atoms with Crippen LogP contribution in [0, 0.1) is 0 Å². The van der Waals surface area contributed by atoms with Crippen molar-refractivity contribution < 1.29 is 4.79 Å². The molecule has 0 unspecified atom stereocenters. The van der Waals surface area contributed by atoms with E-state index in [2.05, 4.69) is 27.8 Å². The lowest BCUT2D eigenvalue weighted by Crippen LogP contribution is -2.21. The number of rotatable bonds is 7. The number of nitrogens with one attached hydrogen (secondary N) is 2. The summed E-state index contributed by atoms with van der Waals surface area (Å²) in [6.45, 7) is 1.40. The van der Waals surface area contributed by atoms with E-state index in [1.807, 2.05) is 47.8 Å². The molecule has 25 heavy (non-hydrogen) atoms. The molecule has 0 saturated carbocycles. The van der Waals surface area contributed by atoms with Crippen LogP contribution in [0.1, 0.15) is 12.0 Å². The Labute approximate surface area is 150 Å². The first-order valence-electron chi connectivity index (χ1n) is 8.06. The Balaban J connectivity index is 1.43. The van der Waals surface area contributed by atoms with Gasteiger partial charge >= 0.3 is 0 Å². The van der Waals surface area contributed by atoms with Crippen molar-refractivity contribution in [3.8, 4) is 11.3 Å². The molecule has 128 valence electrons. The van der Waals surface area contributed by atoms with E-state index < -0.39 is 0 Å². The molecule has 0 atom stereocenters. The van der Waals surface area contributed by atoms with Gasteiger partial charge in [-0.15, -0.1) is 11.3 Å². The Morgan fingerprint density at radius 2 is 1.84 bits per heavy atom. The van der Waals surface area contributed by atoms with Crippen LogP contribution >= 0.6 is 11.3 Å². The molecule has 0 bridgehead atoms. The number of anilines is 2. The second-order valence-electron chi connectivity index (χ2n) is 5.61. The van der Waals surface area contributed by atoms with Crippen LogP contribution in [0.25, 0.3) is 11.3 Å². The molecule has 1 aromatic heterocycles. The van der Waals surface area contributed by atoms with Gasteiger partial charge in [0.15, 0.2) is 5.13 Å². The average Bonchev–Trinajstić information content (AvgIpc) is 3.07. The van der Waals surface area contributed by atoms with Crippen LogP contribution in [0.5, 0.6) is 0 Å². The Hall–Kier alpha value is -2.70. The molecule has 2 aromatic carbocycles. The maximum atomic E-state index is 12.0. The Kier molecular flexibility index (Phi) is 5.77. The lowest BCUT2D eigenvalue weighted by molar-refractivity contribution is -0.116. The Morgan fingerprint density at radius 1 is 1.08 bits per heavy atom. The first-order valence-corrected chi connectivity index (χ1v) is 8.94. The number of hydrogen-bond acceptors (Lipinski definition) is 5.